The van der Waals surface area contributed by atoms with E-state index in [-0.39, 0.29) is 30.3 Å². The maximum atomic E-state index is 13.9. The van der Waals surface area contributed by atoms with Crippen LogP contribution in [-0.4, -0.2) is 36.2 Å². The molecular formula is C23H28F3N3O2. The summed E-state index contributed by atoms with van der Waals surface area (Å²) in [6.45, 7) is 5.64. The first kappa shape index (κ1) is 22.9. The summed E-state index contributed by atoms with van der Waals surface area (Å²) in [6.07, 6.45) is 1.66. The quantitative estimate of drug-likeness (QED) is 0.636. The molecule has 1 heterocycles. The Morgan fingerprint density at radius 2 is 1.77 bits per heavy atom. The molecular weight excluding hydrogens is 407 g/mol. The van der Waals surface area contributed by atoms with Crippen molar-refractivity contribution in [3.05, 3.63) is 65.0 Å². The molecule has 1 saturated heterocycles. The van der Waals surface area contributed by atoms with Gasteiger partial charge in [0.15, 0.2) is 17.5 Å². The normalized spacial score (nSPS) is 14.5. The van der Waals surface area contributed by atoms with Crippen molar-refractivity contribution in [2.24, 2.45) is 0 Å². The van der Waals surface area contributed by atoms with Crippen LogP contribution >= 0.6 is 0 Å². The molecule has 0 saturated carbocycles. The summed E-state index contributed by atoms with van der Waals surface area (Å²) in [5.74, 6) is -3.32. The van der Waals surface area contributed by atoms with Crippen LogP contribution < -0.4 is 15.4 Å². The molecule has 0 aliphatic carbocycles. The van der Waals surface area contributed by atoms with Gasteiger partial charge in [-0.3, -0.25) is 0 Å². The first-order valence-electron chi connectivity index (χ1n) is 10.5. The van der Waals surface area contributed by atoms with Crippen LogP contribution in [0.25, 0.3) is 0 Å². The van der Waals surface area contributed by atoms with Gasteiger partial charge >= 0.3 is 6.03 Å². The summed E-state index contributed by atoms with van der Waals surface area (Å²) < 4.78 is 46.2. The predicted molar refractivity (Wildman–Crippen MR) is 112 cm³/mol. The van der Waals surface area contributed by atoms with Crippen molar-refractivity contribution in [3.8, 4) is 5.75 Å². The number of nitrogens with one attached hydrogen (secondary N) is 2. The summed E-state index contributed by atoms with van der Waals surface area (Å²) in [4.78, 5) is 14.7. The zero-order valence-corrected chi connectivity index (χ0v) is 17.8. The lowest BCUT2D eigenvalue weighted by atomic mass is 10.0. The molecule has 2 aromatic carbocycles. The van der Waals surface area contributed by atoms with Gasteiger partial charge in [0.25, 0.3) is 0 Å². The number of carbonyl (C=O) groups is 1. The van der Waals surface area contributed by atoms with E-state index in [0.717, 1.165) is 49.4 Å². The van der Waals surface area contributed by atoms with E-state index in [0.29, 0.717) is 6.54 Å². The highest BCUT2D eigenvalue weighted by Gasteiger charge is 2.26. The van der Waals surface area contributed by atoms with Crippen molar-refractivity contribution in [1.29, 1.82) is 0 Å². The fourth-order valence-corrected chi connectivity index (χ4v) is 3.60. The van der Waals surface area contributed by atoms with Crippen molar-refractivity contribution in [1.82, 2.24) is 15.5 Å². The minimum absolute atomic E-state index is 0.0163. The molecule has 168 valence electrons. The van der Waals surface area contributed by atoms with Crippen molar-refractivity contribution >= 4 is 6.03 Å². The van der Waals surface area contributed by atoms with Gasteiger partial charge in [-0.15, -0.1) is 0 Å². The minimum Gasteiger partial charge on any atom is -0.491 e. The van der Waals surface area contributed by atoms with E-state index < -0.39 is 17.5 Å². The molecule has 0 aromatic heterocycles. The highest BCUT2D eigenvalue weighted by atomic mass is 19.2. The molecule has 0 bridgehead atoms. The number of amides is 2. The lowest BCUT2D eigenvalue weighted by Gasteiger charge is -2.35. The van der Waals surface area contributed by atoms with Crippen LogP contribution in [0, 0.1) is 17.5 Å². The van der Waals surface area contributed by atoms with Crippen LogP contribution in [0.15, 0.2) is 36.4 Å². The van der Waals surface area contributed by atoms with E-state index in [9.17, 15) is 18.0 Å². The summed E-state index contributed by atoms with van der Waals surface area (Å²) in [6, 6.07) is 9.18. The molecule has 2 amide bonds. The van der Waals surface area contributed by atoms with Gasteiger partial charge in [-0.1, -0.05) is 18.2 Å². The van der Waals surface area contributed by atoms with Crippen molar-refractivity contribution in [2.45, 2.75) is 51.9 Å². The van der Waals surface area contributed by atoms with Crippen LogP contribution in [0.3, 0.4) is 0 Å². The molecule has 31 heavy (non-hydrogen) atoms. The second kappa shape index (κ2) is 10.5. The topological polar surface area (TPSA) is 53.6 Å². The molecule has 0 radical (unpaired) electrons. The Kier molecular flexibility index (Phi) is 7.79. The summed E-state index contributed by atoms with van der Waals surface area (Å²) >= 11 is 0. The second-order valence-electron chi connectivity index (χ2n) is 7.91. The highest BCUT2D eigenvalue weighted by Crippen LogP contribution is 2.20. The molecule has 8 heteroatoms. The molecule has 2 aromatic rings. The molecule has 3 rings (SSSR count). The average Bonchev–Trinajstić information content (AvgIpc) is 2.76. The molecule has 1 aliphatic heterocycles. The third-order valence-electron chi connectivity index (χ3n) is 5.20. The number of ether oxygens (including phenoxy) is 1. The van der Waals surface area contributed by atoms with Crippen molar-refractivity contribution < 1.29 is 22.7 Å². The number of halogens is 3. The van der Waals surface area contributed by atoms with E-state index in [1.807, 2.05) is 38.1 Å². The van der Waals surface area contributed by atoms with E-state index >= 15 is 0 Å². The zero-order chi connectivity index (χ0) is 22.4. The summed E-state index contributed by atoms with van der Waals surface area (Å²) in [7, 11) is 0. The van der Waals surface area contributed by atoms with Crippen LogP contribution in [0.4, 0.5) is 18.0 Å². The highest BCUT2D eigenvalue weighted by molar-refractivity contribution is 5.74. The molecule has 5 nitrogen and oxygen atoms in total. The van der Waals surface area contributed by atoms with E-state index in [2.05, 4.69) is 10.6 Å². The van der Waals surface area contributed by atoms with E-state index in [1.165, 1.54) is 0 Å². The zero-order valence-electron chi connectivity index (χ0n) is 17.8. The number of urea groups is 1. The Morgan fingerprint density at radius 3 is 2.42 bits per heavy atom. The molecule has 1 fully saturated rings. The van der Waals surface area contributed by atoms with Gasteiger partial charge < -0.3 is 20.3 Å². The monoisotopic (exact) mass is 435 g/mol. The Labute approximate surface area is 180 Å². The maximum Gasteiger partial charge on any atom is 0.318 e. The molecule has 0 atom stereocenters. The van der Waals surface area contributed by atoms with Gasteiger partial charge in [-0.2, -0.15) is 0 Å². The fourth-order valence-electron chi connectivity index (χ4n) is 3.60. The largest absolute Gasteiger partial charge is 0.491 e. The molecule has 2 N–H and O–H groups in total. The number of piperidine rings is 1. The standard InChI is InChI=1S/C23H28F3N3O2/c1-15(2)31-19-6-3-16(4-7-19)14-29(18-9-11-27-12-10-18)23(30)28-13-17-5-8-20(24)22(26)21(17)25/h3-8,15,18,27H,9-14H2,1-2H3,(H,28,30). The Morgan fingerprint density at radius 1 is 1.10 bits per heavy atom. The average molecular weight is 435 g/mol. The van der Waals surface area contributed by atoms with Crippen molar-refractivity contribution in [2.75, 3.05) is 13.1 Å². The van der Waals surface area contributed by atoms with Crippen LogP contribution in [0.1, 0.15) is 37.8 Å². The van der Waals surface area contributed by atoms with E-state index in [1.54, 1.807) is 4.90 Å². The Balaban J connectivity index is 1.71. The van der Waals surface area contributed by atoms with Gasteiger partial charge in [0.05, 0.1) is 6.10 Å². The van der Waals surface area contributed by atoms with Gasteiger partial charge in [0.1, 0.15) is 5.75 Å². The van der Waals surface area contributed by atoms with Gasteiger partial charge in [-0.25, -0.2) is 18.0 Å². The van der Waals surface area contributed by atoms with Crippen LogP contribution in [0.2, 0.25) is 0 Å². The first-order chi connectivity index (χ1) is 14.8. The molecule has 1 aliphatic rings. The van der Waals surface area contributed by atoms with Gasteiger partial charge in [0, 0.05) is 24.7 Å². The van der Waals surface area contributed by atoms with Gasteiger partial charge in [0.2, 0.25) is 0 Å². The van der Waals surface area contributed by atoms with Crippen LogP contribution in [-0.2, 0) is 13.1 Å². The van der Waals surface area contributed by atoms with Crippen LogP contribution in [0.5, 0.6) is 5.75 Å². The number of hydrogen-bond donors (Lipinski definition) is 2. The number of rotatable bonds is 7. The molecule has 0 spiro atoms. The SMILES string of the molecule is CC(C)Oc1ccc(CN(C(=O)NCc2ccc(F)c(F)c2F)C2CCNCC2)cc1. The lowest BCUT2D eigenvalue weighted by Crippen LogP contribution is -2.49. The number of hydrogen-bond acceptors (Lipinski definition) is 3. The maximum absolute atomic E-state index is 13.9. The number of carbonyl (C=O) groups excluding carboxylic acids is 1. The lowest BCUT2D eigenvalue weighted by molar-refractivity contribution is 0.154. The summed E-state index contributed by atoms with van der Waals surface area (Å²) in [5, 5.41) is 5.93. The predicted octanol–water partition coefficient (Wildman–Crippen LogP) is 4.35. The third kappa shape index (κ3) is 6.13. The number of benzene rings is 2. The summed E-state index contributed by atoms with van der Waals surface area (Å²) in [5.41, 5.74) is 0.830. The van der Waals surface area contributed by atoms with Gasteiger partial charge in [-0.05, 0) is 63.5 Å². The Bertz CT molecular complexity index is 884. The Hall–Kier alpha value is -2.74. The smallest absolute Gasteiger partial charge is 0.318 e. The van der Waals surface area contributed by atoms with E-state index in [4.69, 9.17) is 4.74 Å². The third-order valence-corrected chi connectivity index (χ3v) is 5.20. The van der Waals surface area contributed by atoms with Crippen molar-refractivity contribution in [3.63, 3.8) is 0 Å². The molecule has 0 unspecified atom stereocenters. The first-order valence-corrected chi connectivity index (χ1v) is 10.5. The second-order valence-corrected chi connectivity index (χ2v) is 7.91. The fraction of sp³-hybridized carbons (Fsp3) is 0.435. The minimum atomic E-state index is -1.54. The number of nitrogens with zero attached hydrogens (tertiary/aromatic N) is 1.